The first-order valence-corrected chi connectivity index (χ1v) is 16.0. The van der Waals surface area contributed by atoms with Crippen LogP contribution in [0.25, 0.3) is 0 Å². The molecule has 208 valence electrons. The number of nitrogens with one attached hydrogen (secondary N) is 1. The van der Waals surface area contributed by atoms with Gasteiger partial charge in [-0.2, -0.15) is 0 Å². The summed E-state index contributed by atoms with van der Waals surface area (Å²) in [5.41, 5.74) is 2.94. The van der Waals surface area contributed by atoms with Crippen molar-refractivity contribution in [2.45, 2.75) is 43.4 Å². The lowest BCUT2D eigenvalue weighted by Gasteiger charge is -2.43. The lowest BCUT2D eigenvalue weighted by molar-refractivity contribution is -0.123. The van der Waals surface area contributed by atoms with Crippen LogP contribution in [0.2, 0.25) is 0 Å². The van der Waals surface area contributed by atoms with Crippen molar-refractivity contribution in [1.29, 1.82) is 0 Å². The summed E-state index contributed by atoms with van der Waals surface area (Å²) in [7, 11) is 1.68. The average molecular weight is 593 g/mol. The number of thioether (sulfide) groups is 1. The lowest BCUT2D eigenvalue weighted by atomic mass is 9.68. The Balaban J connectivity index is 1.28. The highest BCUT2D eigenvalue weighted by Gasteiger charge is 2.69. The summed E-state index contributed by atoms with van der Waals surface area (Å²) in [5, 5.41) is 1.35. The van der Waals surface area contributed by atoms with Gasteiger partial charge in [-0.1, -0.05) is 37.6 Å². The molecule has 4 aliphatic rings. The SMILES string of the molecule is COc1cc(C2c3sc(=S)[nH]c3SC3C4CC(C5C(=O)N(c6ccc(C)cc6)C(=O)C45)C23)ccc1OCC(C)C. The molecule has 7 atom stereocenters. The Morgan fingerprint density at radius 2 is 1.77 bits per heavy atom. The Hall–Kier alpha value is -2.62. The van der Waals surface area contributed by atoms with E-state index >= 15 is 0 Å². The van der Waals surface area contributed by atoms with Gasteiger partial charge in [0.15, 0.2) is 15.5 Å². The summed E-state index contributed by atoms with van der Waals surface area (Å²) in [5.74, 6) is 1.87. The highest BCUT2D eigenvalue weighted by molar-refractivity contribution is 8.00. The smallest absolute Gasteiger partial charge is 0.238 e. The fourth-order valence-corrected chi connectivity index (χ4v) is 10.9. The summed E-state index contributed by atoms with van der Waals surface area (Å²) < 4.78 is 12.6. The molecule has 7 rings (SSSR count). The van der Waals surface area contributed by atoms with Gasteiger partial charge < -0.3 is 14.5 Å². The maximum absolute atomic E-state index is 14.0. The number of rotatable bonds is 6. The number of ether oxygens (including phenoxy) is 2. The van der Waals surface area contributed by atoms with Crippen LogP contribution in [0.15, 0.2) is 47.5 Å². The second kappa shape index (κ2) is 9.74. The highest BCUT2D eigenvalue weighted by Crippen LogP contribution is 2.69. The Bertz CT molecular complexity index is 1560. The Morgan fingerprint density at radius 1 is 1.05 bits per heavy atom. The number of aromatic amines is 1. The second-order valence-corrected chi connectivity index (χ2v) is 14.8. The van der Waals surface area contributed by atoms with Crippen LogP contribution in [-0.2, 0) is 9.59 Å². The number of aryl methyl sites for hydroxylation is 1. The predicted molar refractivity (Wildman–Crippen MR) is 160 cm³/mol. The lowest BCUT2D eigenvalue weighted by Crippen LogP contribution is -2.42. The average Bonchev–Trinajstić information content (AvgIpc) is 3.67. The van der Waals surface area contributed by atoms with Crippen LogP contribution < -0.4 is 14.4 Å². The zero-order valence-corrected chi connectivity index (χ0v) is 25.3. The van der Waals surface area contributed by atoms with Crippen LogP contribution in [0.3, 0.4) is 0 Å². The number of nitrogens with zero attached hydrogens (tertiary/aromatic N) is 1. The fraction of sp³-hybridized carbons (Fsp3) is 0.452. The summed E-state index contributed by atoms with van der Waals surface area (Å²) in [6.45, 7) is 6.87. The first-order chi connectivity index (χ1) is 19.3. The van der Waals surface area contributed by atoms with Gasteiger partial charge in [-0.05, 0) is 79.1 Å². The van der Waals surface area contributed by atoms with E-state index in [0.29, 0.717) is 24.0 Å². The van der Waals surface area contributed by atoms with Gasteiger partial charge in [-0.3, -0.25) is 14.5 Å². The van der Waals surface area contributed by atoms with Crippen LogP contribution in [0, 0.1) is 46.4 Å². The molecular formula is C31H32N2O4S3. The zero-order valence-electron chi connectivity index (χ0n) is 22.9. The molecule has 3 fully saturated rings. The number of carbonyl (C=O) groups is 2. The molecule has 7 unspecified atom stereocenters. The van der Waals surface area contributed by atoms with Crippen LogP contribution >= 0.6 is 35.3 Å². The van der Waals surface area contributed by atoms with Gasteiger partial charge in [0, 0.05) is 16.0 Å². The van der Waals surface area contributed by atoms with E-state index in [4.69, 9.17) is 21.7 Å². The quantitative estimate of drug-likeness (QED) is 0.250. The maximum atomic E-state index is 14.0. The first-order valence-electron chi connectivity index (χ1n) is 13.9. The molecular weight excluding hydrogens is 561 g/mol. The molecule has 1 aromatic heterocycles. The van der Waals surface area contributed by atoms with Crippen LogP contribution in [0.4, 0.5) is 5.69 Å². The molecule has 2 bridgehead atoms. The van der Waals surface area contributed by atoms with Crippen LogP contribution in [0.1, 0.15) is 42.2 Å². The third kappa shape index (κ3) is 3.91. The molecule has 9 heteroatoms. The van der Waals surface area contributed by atoms with Crippen molar-refractivity contribution in [3.8, 4) is 11.5 Å². The third-order valence-corrected chi connectivity index (χ3v) is 12.1. The number of hydrogen-bond acceptors (Lipinski definition) is 7. The molecule has 6 nitrogen and oxygen atoms in total. The number of carbonyl (C=O) groups excluding carboxylic acids is 2. The number of benzene rings is 2. The number of H-pyrrole nitrogens is 1. The number of amides is 2. The molecule has 2 aliphatic carbocycles. The molecule has 2 amide bonds. The van der Waals surface area contributed by atoms with Crippen molar-refractivity contribution in [3.63, 3.8) is 0 Å². The number of fused-ring (bicyclic) bond motifs is 9. The standard InChI is InChI=1S/C31H32N2O4S3/c1-14(2)13-37-20-10-7-16(11-21(20)36-4)22-23-18-12-19(26(23)39-28-27(22)40-31(38)32-28)25-24(18)29(34)33(30(25)35)17-8-5-15(3)6-9-17/h5-11,14,18-19,22-26H,12-13H2,1-4H3,(H,32,38). The van der Waals surface area contributed by atoms with Gasteiger partial charge >= 0.3 is 0 Å². The van der Waals surface area contributed by atoms with Gasteiger partial charge in [-0.15, -0.1) is 23.1 Å². The summed E-state index contributed by atoms with van der Waals surface area (Å²) in [6, 6.07) is 14.0. The monoisotopic (exact) mass is 592 g/mol. The van der Waals surface area contributed by atoms with Gasteiger partial charge in [-0.25, -0.2) is 0 Å². The van der Waals surface area contributed by atoms with E-state index in [-0.39, 0.29) is 52.6 Å². The zero-order chi connectivity index (χ0) is 27.9. The van der Waals surface area contributed by atoms with Gasteiger partial charge in [0.2, 0.25) is 11.8 Å². The maximum Gasteiger partial charge on any atom is 0.238 e. The van der Waals surface area contributed by atoms with Crippen molar-refractivity contribution in [1.82, 2.24) is 4.98 Å². The molecule has 40 heavy (non-hydrogen) atoms. The van der Waals surface area contributed by atoms with Crippen molar-refractivity contribution in [2.75, 3.05) is 18.6 Å². The van der Waals surface area contributed by atoms with E-state index in [0.717, 1.165) is 32.3 Å². The molecule has 3 heterocycles. The first kappa shape index (κ1) is 26.3. The number of hydrogen-bond donors (Lipinski definition) is 1. The molecule has 2 aliphatic heterocycles. The minimum absolute atomic E-state index is 0.0284. The summed E-state index contributed by atoms with van der Waals surface area (Å²) >= 11 is 9.07. The fourth-order valence-electron chi connectivity index (χ4n) is 7.59. The van der Waals surface area contributed by atoms with Crippen molar-refractivity contribution in [2.24, 2.45) is 35.5 Å². The van der Waals surface area contributed by atoms with Gasteiger partial charge in [0.05, 0.1) is 36.3 Å². The Morgan fingerprint density at radius 3 is 2.48 bits per heavy atom. The summed E-state index contributed by atoms with van der Waals surface area (Å²) in [4.78, 5) is 33.9. The number of methoxy groups -OCH3 is 1. The predicted octanol–water partition coefficient (Wildman–Crippen LogP) is 6.84. The van der Waals surface area contributed by atoms with E-state index in [9.17, 15) is 9.59 Å². The van der Waals surface area contributed by atoms with Gasteiger partial charge in [0.25, 0.3) is 0 Å². The molecule has 2 aromatic carbocycles. The van der Waals surface area contributed by atoms with Crippen molar-refractivity contribution in [3.05, 3.63) is 62.4 Å². The number of thiazole rings is 1. The highest BCUT2D eigenvalue weighted by atomic mass is 32.2. The normalized spacial score (nSPS) is 30.0. The van der Waals surface area contributed by atoms with E-state index in [1.807, 2.05) is 49.0 Å². The van der Waals surface area contributed by atoms with Crippen molar-refractivity contribution >= 4 is 52.8 Å². The second-order valence-electron chi connectivity index (χ2n) is 11.9. The van der Waals surface area contributed by atoms with E-state index in [1.165, 1.54) is 9.78 Å². The third-order valence-electron chi connectivity index (χ3n) is 9.14. The van der Waals surface area contributed by atoms with E-state index in [2.05, 4.69) is 31.0 Å². The largest absolute Gasteiger partial charge is 0.493 e. The number of imide groups is 1. The summed E-state index contributed by atoms with van der Waals surface area (Å²) in [6.07, 6.45) is 0.912. The van der Waals surface area contributed by atoms with E-state index in [1.54, 1.807) is 18.4 Å². The van der Waals surface area contributed by atoms with E-state index < -0.39 is 0 Å². The Labute approximate surface area is 247 Å². The molecule has 0 spiro atoms. The molecule has 1 N–H and O–H groups in total. The van der Waals surface area contributed by atoms with Crippen molar-refractivity contribution < 1.29 is 19.1 Å². The molecule has 0 radical (unpaired) electrons. The molecule has 3 aromatic rings. The molecule has 2 saturated carbocycles. The number of aromatic nitrogens is 1. The van der Waals surface area contributed by atoms with Crippen LogP contribution in [-0.4, -0.2) is 35.8 Å². The number of anilines is 1. The Kier molecular flexibility index (Phi) is 6.40. The van der Waals surface area contributed by atoms with Crippen LogP contribution in [0.5, 0.6) is 11.5 Å². The minimum Gasteiger partial charge on any atom is -0.493 e. The molecule has 1 saturated heterocycles. The van der Waals surface area contributed by atoms with Gasteiger partial charge in [0.1, 0.15) is 0 Å². The topological polar surface area (TPSA) is 71.6 Å². The minimum atomic E-state index is -0.271.